The Balaban J connectivity index is 1.82. The van der Waals surface area contributed by atoms with E-state index in [1.807, 2.05) is 4.72 Å². The van der Waals surface area contributed by atoms with Crippen LogP contribution in [0.1, 0.15) is 17.4 Å². The minimum absolute atomic E-state index is 0.0648. The summed E-state index contributed by atoms with van der Waals surface area (Å²) >= 11 is 0. The highest BCUT2D eigenvalue weighted by atomic mass is 32.2. The van der Waals surface area contributed by atoms with Crippen molar-refractivity contribution in [3.63, 3.8) is 0 Å². The number of aromatic nitrogens is 2. The molecule has 2 aromatic carbocycles. The van der Waals surface area contributed by atoms with E-state index in [1.54, 1.807) is 24.3 Å². The van der Waals surface area contributed by atoms with Crippen LogP contribution in [0, 0.1) is 0 Å². The van der Waals surface area contributed by atoms with Gasteiger partial charge in [0.05, 0.1) is 16.8 Å². The largest absolute Gasteiger partial charge is 0.399 e. The third kappa shape index (κ3) is 4.70. The lowest BCUT2D eigenvalue weighted by Gasteiger charge is -2.10. The van der Waals surface area contributed by atoms with E-state index in [4.69, 9.17) is 11.5 Å². The van der Waals surface area contributed by atoms with Gasteiger partial charge in [0.25, 0.3) is 15.9 Å². The van der Waals surface area contributed by atoms with Gasteiger partial charge in [-0.05, 0) is 36.4 Å². The van der Waals surface area contributed by atoms with Crippen LogP contribution >= 0.6 is 0 Å². The number of carbonyl (C=O) groups is 2. The molecule has 0 atom stereocenters. The monoisotopic (exact) mass is 426 g/mol. The summed E-state index contributed by atoms with van der Waals surface area (Å²) < 4.78 is 25.8. The molecule has 0 aliphatic carbocycles. The molecule has 30 heavy (non-hydrogen) atoms. The molecule has 2 amide bonds. The maximum atomic E-state index is 12.6. The highest BCUT2D eigenvalue weighted by molar-refractivity contribution is 7.90. The Morgan fingerprint density at radius 2 is 1.73 bits per heavy atom. The van der Waals surface area contributed by atoms with E-state index in [0.29, 0.717) is 22.6 Å². The highest BCUT2D eigenvalue weighted by Crippen LogP contribution is 2.21. The van der Waals surface area contributed by atoms with Crippen LogP contribution in [0.25, 0.3) is 11.3 Å². The summed E-state index contributed by atoms with van der Waals surface area (Å²) in [6.07, 6.45) is 1.43. The second-order valence-corrected chi connectivity index (χ2v) is 7.94. The van der Waals surface area contributed by atoms with Gasteiger partial charge in [-0.25, -0.2) is 23.1 Å². The van der Waals surface area contributed by atoms with Crippen molar-refractivity contribution in [3.8, 4) is 11.3 Å². The molecular weight excluding hydrogens is 408 g/mol. The van der Waals surface area contributed by atoms with Crippen molar-refractivity contribution >= 4 is 39.0 Å². The van der Waals surface area contributed by atoms with E-state index < -0.39 is 21.8 Å². The van der Waals surface area contributed by atoms with Crippen LogP contribution in [0.5, 0.6) is 0 Å². The van der Waals surface area contributed by atoms with E-state index in [9.17, 15) is 18.0 Å². The molecule has 0 radical (unpaired) electrons. The number of hydrogen-bond acceptors (Lipinski definition) is 8. The van der Waals surface area contributed by atoms with Crippen molar-refractivity contribution in [1.82, 2.24) is 14.7 Å². The Kier molecular flexibility index (Phi) is 5.65. The Hall–Kier alpha value is -3.99. The molecule has 6 N–H and O–H groups in total. The predicted octanol–water partition coefficient (Wildman–Crippen LogP) is 1.39. The van der Waals surface area contributed by atoms with Crippen LogP contribution in [0.2, 0.25) is 0 Å². The molecule has 0 bridgehead atoms. The van der Waals surface area contributed by atoms with E-state index in [0.717, 1.165) is 6.92 Å². The fraction of sp³-hybridized carbons (Fsp3) is 0.0526. The standard InChI is InChI=1S/C19H18N6O4S/c1-11(26)25-30(28,29)15-7-5-14(6-8-15)23-19(27)17-18(21)22-10-16(24-17)12-3-2-4-13(20)9-12/h2-10H,20H2,1H3,(H2,21,22)(H,23,27)(H,25,26). The van der Waals surface area contributed by atoms with Crippen LogP contribution in [-0.4, -0.2) is 30.2 Å². The van der Waals surface area contributed by atoms with Crippen molar-refractivity contribution in [1.29, 1.82) is 0 Å². The number of rotatable bonds is 5. The van der Waals surface area contributed by atoms with Crippen LogP contribution in [0.3, 0.4) is 0 Å². The molecule has 154 valence electrons. The van der Waals surface area contributed by atoms with Crippen LogP contribution < -0.4 is 21.5 Å². The fourth-order valence-corrected chi connectivity index (χ4v) is 3.55. The first-order valence-corrected chi connectivity index (χ1v) is 10.1. The normalized spacial score (nSPS) is 11.0. The summed E-state index contributed by atoms with van der Waals surface area (Å²) in [4.78, 5) is 31.8. The molecule has 11 heteroatoms. The minimum atomic E-state index is -3.97. The second-order valence-electron chi connectivity index (χ2n) is 6.25. The van der Waals surface area contributed by atoms with Gasteiger partial charge in [0.15, 0.2) is 11.5 Å². The topological polar surface area (TPSA) is 170 Å². The number of hydrogen-bond donors (Lipinski definition) is 4. The molecule has 10 nitrogen and oxygen atoms in total. The number of benzene rings is 2. The summed E-state index contributed by atoms with van der Waals surface area (Å²) in [5.41, 5.74) is 13.4. The maximum Gasteiger partial charge on any atom is 0.278 e. The average Bonchev–Trinajstić information content (AvgIpc) is 2.67. The zero-order valence-corrected chi connectivity index (χ0v) is 16.6. The molecule has 3 rings (SSSR count). The van der Waals surface area contributed by atoms with Gasteiger partial charge in [0.1, 0.15) is 0 Å². The molecule has 0 aliphatic heterocycles. The van der Waals surface area contributed by atoms with E-state index >= 15 is 0 Å². The third-order valence-corrected chi connectivity index (χ3v) is 5.35. The third-order valence-electron chi connectivity index (χ3n) is 3.90. The number of anilines is 3. The zero-order valence-electron chi connectivity index (χ0n) is 15.8. The van der Waals surface area contributed by atoms with Gasteiger partial charge in [-0.2, -0.15) is 0 Å². The van der Waals surface area contributed by atoms with Gasteiger partial charge in [0, 0.05) is 23.9 Å². The number of nitrogens with one attached hydrogen (secondary N) is 2. The first-order valence-electron chi connectivity index (χ1n) is 8.59. The summed E-state index contributed by atoms with van der Waals surface area (Å²) in [5, 5.41) is 2.58. The Bertz CT molecular complexity index is 1230. The van der Waals surface area contributed by atoms with Gasteiger partial charge >= 0.3 is 0 Å². The lowest BCUT2D eigenvalue weighted by atomic mass is 10.1. The molecule has 0 saturated heterocycles. The van der Waals surface area contributed by atoms with Gasteiger partial charge in [-0.3, -0.25) is 9.59 Å². The van der Waals surface area contributed by atoms with Gasteiger partial charge in [0.2, 0.25) is 5.91 Å². The van der Waals surface area contributed by atoms with Crippen molar-refractivity contribution in [3.05, 3.63) is 60.4 Å². The SMILES string of the molecule is CC(=O)NS(=O)(=O)c1ccc(NC(=O)c2nc(-c3cccc(N)c3)cnc2N)cc1. The molecular formula is C19H18N6O4S. The van der Waals surface area contributed by atoms with Gasteiger partial charge in [-0.15, -0.1) is 0 Å². The lowest BCUT2D eigenvalue weighted by molar-refractivity contribution is -0.117. The van der Waals surface area contributed by atoms with E-state index in [1.165, 1.54) is 30.5 Å². The number of nitrogens with two attached hydrogens (primary N) is 2. The number of sulfonamides is 1. The molecule has 1 aromatic heterocycles. The molecule has 0 saturated carbocycles. The van der Waals surface area contributed by atoms with Crippen molar-refractivity contribution in [2.45, 2.75) is 11.8 Å². The number of carbonyl (C=O) groups excluding carboxylic acids is 2. The second kappa shape index (κ2) is 8.17. The van der Waals surface area contributed by atoms with Crippen LogP contribution in [0.4, 0.5) is 17.2 Å². The Labute approximate surface area is 172 Å². The molecule has 3 aromatic rings. The van der Waals surface area contributed by atoms with Crippen LogP contribution in [-0.2, 0) is 14.8 Å². The average molecular weight is 426 g/mol. The Morgan fingerprint density at radius 1 is 1.03 bits per heavy atom. The summed E-state index contributed by atoms with van der Waals surface area (Å²) in [7, 11) is -3.97. The van der Waals surface area contributed by atoms with Crippen molar-refractivity contribution < 1.29 is 18.0 Å². The van der Waals surface area contributed by atoms with E-state index in [-0.39, 0.29) is 16.4 Å². The smallest absolute Gasteiger partial charge is 0.278 e. The van der Waals surface area contributed by atoms with Crippen LogP contribution in [0.15, 0.2) is 59.6 Å². The summed E-state index contributed by atoms with van der Waals surface area (Å²) in [6.45, 7) is 1.09. The summed E-state index contributed by atoms with van der Waals surface area (Å²) in [6, 6.07) is 12.2. The van der Waals surface area contributed by atoms with Crippen molar-refractivity contribution in [2.24, 2.45) is 0 Å². The number of amides is 2. The molecule has 0 unspecified atom stereocenters. The first kappa shape index (κ1) is 20.7. The quantitative estimate of drug-likeness (QED) is 0.443. The Morgan fingerprint density at radius 3 is 2.37 bits per heavy atom. The highest BCUT2D eigenvalue weighted by Gasteiger charge is 2.17. The first-order chi connectivity index (χ1) is 14.2. The molecule has 0 fully saturated rings. The minimum Gasteiger partial charge on any atom is -0.399 e. The zero-order chi connectivity index (χ0) is 21.9. The maximum absolute atomic E-state index is 12.6. The lowest BCUT2D eigenvalue weighted by Crippen LogP contribution is -2.28. The van der Waals surface area contributed by atoms with E-state index in [2.05, 4.69) is 15.3 Å². The fourth-order valence-electron chi connectivity index (χ4n) is 2.56. The van der Waals surface area contributed by atoms with Gasteiger partial charge < -0.3 is 16.8 Å². The summed E-state index contributed by atoms with van der Waals surface area (Å²) in [5.74, 6) is -1.39. The number of nitrogens with zero attached hydrogens (tertiary/aromatic N) is 2. The van der Waals surface area contributed by atoms with Gasteiger partial charge in [-0.1, -0.05) is 12.1 Å². The molecule has 0 spiro atoms. The molecule has 0 aliphatic rings. The number of nitrogen functional groups attached to an aromatic ring is 2. The predicted molar refractivity (Wildman–Crippen MR) is 112 cm³/mol. The van der Waals surface area contributed by atoms with Crippen molar-refractivity contribution in [2.75, 3.05) is 16.8 Å². The molecule has 1 heterocycles.